The summed E-state index contributed by atoms with van der Waals surface area (Å²) in [5.74, 6) is 1.30. The Morgan fingerprint density at radius 2 is 1.76 bits per heavy atom. The number of methoxy groups -OCH3 is 2. The zero-order valence-electron chi connectivity index (χ0n) is 15.9. The van der Waals surface area contributed by atoms with Gasteiger partial charge in [0, 0.05) is 13.1 Å². The van der Waals surface area contributed by atoms with Gasteiger partial charge < -0.3 is 14.8 Å². The maximum atomic E-state index is 11.9. The lowest BCUT2D eigenvalue weighted by Crippen LogP contribution is -2.44. The highest BCUT2D eigenvalue weighted by Crippen LogP contribution is 2.30. The first-order valence-corrected chi connectivity index (χ1v) is 8.24. The molecule has 1 rings (SSSR count). The number of hydrogen-bond acceptors (Lipinski definition) is 5. The fourth-order valence-corrected chi connectivity index (χ4v) is 2.29. The fraction of sp³-hybridized carbons (Fsp3) is 0.556. The van der Waals surface area contributed by atoms with E-state index in [2.05, 4.69) is 10.6 Å². The number of likely N-dealkylation sites (N-methyl/N-ethyl adjacent to an activating group) is 1. The minimum Gasteiger partial charge on any atom is -0.493 e. The van der Waals surface area contributed by atoms with E-state index >= 15 is 0 Å². The number of rotatable bonds is 8. The third-order valence-electron chi connectivity index (χ3n) is 3.62. The number of imide groups is 1. The molecule has 25 heavy (non-hydrogen) atoms. The average molecular weight is 351 g/mol. The summed E-state index contributed by atoms with van der Waals surface area (Å²) in [6, 6.07) is 3.34. The van der Waals surface area contributed by atoms with Crippen LogP contribution in [0.4, 0.5) is 4.79 Å². The van der Waals surface area contributed by atoms with Crippen molar-refractivity contribution in [2.75, 3.05) is 34.4 Å². The molecule has 3 amide bonds. The van der Waals surface area contributed by atoms with E-state index in [0.29, 0.717) is 30.5 Å². The van der Waals surface area contributed by atoms with Crippen molar-refractivity contribution in [2.45, 2.75) is 27.3 Å². The lowest BCUT2D eigenvalue weighted by atomic mass is 10.1. The Morgan fingerprint density at radius 1 is 1.16 bits per heavy atom. The van der Waals surface area contributed by atoms with E-state index in [-0.39, 0.29) is 12.5 Å². The molecule has 0 aromatic heterocycles. The molecule has 0 fully saturated rings. The highest BCUT2D eigenvalue weighted by molar-refractivity contribution is 5.95. The number of urea groups is 1. The van der Waals surface area contributed by atoms with Crippen LogP contribution in [0.2, 0.25) is 0 Å². The zero-order valence-corrected chi connectivity index (χ0v) is 15.9. The Bertz CT molecular complexity index is 602. The van der Waals surface area contributed by atoms with Gasteiger partial charge in [-0.25, -0.2) is 4.79 Å². The van der Waals surface area contributed by atoms with E-state index in [4.69, 9.17) is 9.47 Å². The van der Waals surface area contributed by atoms with Crippen molar-refractivity contribution in [1.29, 1.82) is 0 Å². The first-order valence-electron chi connectivity index (χ1n) is 8.24. The van der Waals surface area contributed by atoms with Crippen LogP contribution in [-0.4, -0.2) is 51.2 Å². The van der Waals surface area contributed by atoms with Gasteiger partial charge in [0.2, 0.25) is 5.91 Å². The first-order chi connectivity index (χ1) is 11.8. The summed E-state index contributed by atoms with van der Waals surface area (Å²) in [6.07, 6.45) is 0. The molecule has 0 heterocycles. The van der Waals surface area contributed by atoms with Crippen LogP contribution in [0.3, 0.4) is 0 Å². The molecule has 1 aromatic carbocycles. The van der Waals surface area contributed by atoms with Gasteiger partial charge in [-0.15, -0.1) is 0 Å². The van der Waals surface area contributed by atoms with Crippen molar-refractivity contribution in [2.24, 2.45) is 5.92 Å². The number of benzene rings is 1. The average Bonchev–Trinajstić information content (AvgIpc) is 2.54. The molecular weight excluding hydrogens is 322 g/mol. The molecule has 0 atom stereocenters. The van der Waals surface area contributed by atoms with Crippen molar-refractivity contribution in [3.8, 4) is 11.5 Å². The monoisotopic (exact) mass is 351 g/mol. The van der Waals surface area contributed by atoms with E-state index in [0.717, 1.165) is 11.1 Å². The Kier molecular flexibility index (Phi) is 8.21. The van der Waals surface area contributed by atoms with Crippen LogP contribution in [0, 0.1) is 12.8 Å². The summed E-state index contributed by atoms with van der Waals surface area (Å²) >= 11 is 0. The van der Waals surface area contributed by atoms with Crippen molar-refractivity contribution in [3.05, 3.63) is 23.3 Å². The van der Waals surface area contributed by atoms with Crippen LogP contribution in [0.15, 0.2) is 12.1 Å². The summed E-state index contributed by atoms with van der Waals surface area (Å²) in [7, 11) is 5.00. The van der Waals surface area contributed by atoms with Gasteiger partial charge in [-0.1, -0.05) is 13.8 Å². The van der Waals surface area contributed by atoms with E-state index in [1.54, 1.807) is 14.2 Å². The maximum absolute atomic E-state index is 11.9. The van der Waals surface area contributed by atoms with Crippen molar-refractivity contribution in [3.63, 3.8) is 0 Å². The van der Waals surface area contributed by atoms with Gasteiger partial charge in [0.15, 0.2) is 11.5 Å². The zero-order chi connectivity index (χ0) is 19.0. The number of amides is 3. The molecule has 0 saturated carbocycles. The number of hydrogen-bond donors (Lipinski definition) is 2. The number of nitrogens with zero attached hydrogens (tertiary/aromatic N) is 1. The van der Waals surface area contributed by atoms with Gasteiger partial charge in [0.1, 0.15) is 0 Å². The lowest BCUT2D eigenvalue weighted by Gasteiger charge is -2.19. The number of carbonyl (C=O) groups excluding carboxylic acids is 2. The molecule has 0 aliphatic heterocycles. The van der Waals surface area contributed by atoms with Gasteiger partial charge in [-0.3, -0.25) is 15.0 Å². The maximum Gasteiger partial charge on any atom is 0.321 e. The van der Waals surface area contributed by atoms with Crippen LogP contribution in [0.25, 0.3) is 0 Å². The molecule has 0 saturated heterocycles. The molecule has 0 aliphatic carbocycles. The highest BCUT2D eigenvalue weighted by Gasteiger charge is 2.14. The first kappa shape index (κ1) is 20.8. The number of nitrogens with one attached hydrogen (secondary N) is 2. The van der Waals surface area contributed by atoms with Gasteiger partial charge in [0.05, 0.1) is 20.8 Å². The Hall–Kier alpha value is -2.28. The predicted octanol–water partition coefficient (Wildman–Crippen LogP) is 1.93. The van der Waals surface area contributed by atoms with Crippen LogP contribution in [0.1, 0.15) is 25.0 Å². The summed E-state index contributed by atoms with van der Waals surface area (Å²) in [5, 5.41) is 4.99. The van der Waals surface area contributed by atoms with Gasteiger partial charge in [-0.05, 0) is 43.1 Å². The summed E-state index contributed by atoms with van der Waals surface area (Å²) < 4.78 is 10.6. The second-order valence-corrected chi connectivity index (χ2v) is 6.46. The molecule has 0 radical (unpaired) electrons. The number of carbonyl (C=O) groups is 2. The molecule has 0 bridgehead atoms. The minimum atomic E-state index is -0.464. The van der Waals surface area contributed by atoms with E-state index in [1.807, 2.05) is 44.9 Å². The minimum absolute atomic E-state index is 0.114. The SMILES string of the molecule is COc1cc(C)c(CN(C)CC(=O)NC(=O)NCC(C)C)cc1OC. The largest absolute Gasteiger partial charge is 0.493 e. The van der Waals surface area contributed by atoms with Gasteiger partial charge in [0.25, 0.3) is 0 Å². The van der Waals surface area contributed by atoms with E-state index in [1.165, 1.54) is 0 Å². The normalized spacial score (nSPS) is 10.7. The van der Waals surface area contributed by atoms with Crippen molar-refractivity contribution < 1.29 is 19.1 Å². The third-order valence-corrected chi connectivity index (χ3v) is 3.62. The highest BCUT2D eigenvalue weighted by atomic mass is 16.5. The Labute approximate surface area is 149 Å². The molecular formula is C18H29N3O4. The lowest BCUT2D eigenvalue weighted by molar-refractivity contribution is -0.120. The summed E-state index contributed by atoms with van der Waals surface area (Å²) in [4.78, 5) is 25.4. The number of ether oxygens (including phenoxy) is 2. The molecule has 1 aromatic rings. The Morgan fingerprint density at radius 3 is 2.32 bits per heavy atom. The molecule has 7 nitrogen and oxygen atoms in total. The Balaban J connectivity index is 2.60. The molecule has 0 unspecified atom stereocenters. The van der Waals surface area contributed by atoms with Crippen molar-refractivity contribution in [1.82, 2.24) is 15.5 Å². The van der Waals surface area contributed by atoms with Gasteiger partial charge >= 0.3 is 6.03 Å². The molecule has 140 valence electrons. The summed E-state index contributed by atoms with van der Waals surface area (Å²) in [5.41, 5.74) is 2.07. The van der Waals surface area contributed by atoms with Crippen LogP contribution in [-0.2, 0) is 11.3 Å². The van der Waals surface area contributed by atoms with E-state index < -0.39 is 6.03 Å². The van der Waals surface area contributed by atoms with Crippen LogP contribution < -0.4 is 20.1 Å². The summed E-state index contributed by atoms with van der Waals surface area (Å²) in [6.45, 7) is 7.14. The van der Waals surface area contributed by atoms with Crippen LogP contribution >= 0.6 is 0 Å². The smallest absolute Gasteiger partial charge is 0.321 e. The topological polar surface area (TPSA) is 79.9 Å². The molecule has 2 N–H and O–H groups in total. The third kappa shape index (κ3) is 7.01. The van der Waals surface area contributed by atoms with Crippen molar-refractivity contribution >= 4 is 11.9 Å². The molecule has 0 aliphatic rings. The number of aryl methyl sites for hydroxylation is 1. The predicted molar refractivity (Wildman–Crippen MR) is 97.0 cm³/mol. The fourth-order valence-electron chi connectivity index (χ4n) is 2.29. The second kappa shape index (κ2) is 9.88. The standard InChI is InChI=1S/C18H29N3O4/c1-12(2)9-19-18(23)20-17(22)11-21(4)10-14-8-16(25-6)15(24-5)7-13(14)3/h7-8,12H,9-11H2,1-6H3,(H2,19,20,22,23). The molecule has 7 heteroatoms. The quantitative estimate of drug-likeness (QED) is 0.748. The van der Waals surface area contributed by atoms with E-state index in [9.17, 15) is 9.59 Å². The van der Waals surface area contributed by atoms with Crippen LogP contribution in [0.5, 0.6) is 11.5 Å². The van der Waals surface area contributed by atoms with Gasteiger partial charge in [-0.2, -0.15) is 0 Å². The second-order valence-electron chi connectivity index (χ2n) is 6.46. The molecule has 0 spiro atoms.